The number of amides is 2. The van der Waals surface area contributed by atoms with Crippen molar-refractivity contribution in [2.45, 2.75) is 8.37 Å². The van der Waals surface area contributed by atoms with Gasteiger partial charge in [0.25, 0.3) is 0 Å². The van der Waals surface area contributed by atoms with Crippen LogP contribution >= 0.6 is 47.8 Å². The topological polar surface area (TPSA) is 61.4 Å². The second-order valence-corrected chi connectivity index (χ2v) is 8.61. The number of aliphatic hydroxyl groups is 1. The summed E-state index contributed by atoms with van der Waals surface area (Å²) in [6.07, 6.45) is -1.07. The normalized spacial score (nSPS) is 13.9. The van der Waals surface area contributed by atoms with Crippen LogP contribution in [0.3, 0.4) is 0 Å². The number of alkyl halides is 3. The summed E-state index contributed by atoms with van der Waals surface area (Å²) in [5.74, 6) is 0. The minimum absolute atomic E-state index is 0.458. The molecule has 0 rings (SSSR count). The van der Waals surface area contributed by atoms with Gasteiger partial charge in [0.1, 0.15) is 0 Å². The molecule has 0 saturated carbocycles. The fourth-order valence-electron chi connectivity index (χ4n) is 0.278. The third-order valence-electron chi connectivity index (χ3n) is 0.805. The van der Waals surface area contributed by atoms with Gasteiger partial charge in [0.05, 0.1) is 0 Å². The van der Waals surface area contributed by atoms with E-state index in [0.717, 1.165) is 0 Å². The molecule has 0 heterocycles. The minimum Gasteiger partial charge on any atom is -0.370 e. The van der Waals surface area contributed by atoms with Crippen LogP contribution in [0.5, 0.6) is 0 Å². The first-order valence-corrected chi connectivity index (χ1v) is 4.99. The molecule has 3 N–H and O–H groups in total. The van der Waals surface area contributed by atoms with E-state index in [0.29, 0.717) is 0 Å². The Kier molecular flexibility index (Phi) is 4.92. The van der Waals surface area contributed by atoms with Gasteiger partial charge < -0.3 is 15.7 Å². The highest BCUT2D eigenvalue weighted by Crippen LogP contribution is 2.35. The number of carbonyl (C=O) groups is 1. The molecule has 66 valence electrons. The Hall–Kier alpha value is 0.670. The lowest BCUT2D eigenvalue weighted by molar-refractivity contribution is 0.153. The first-order valence-electron chi connectivity index (χ1n) is 2.61. The summed E-state index contributed by atoms with van der Waals surface area (Å²) in [5.41, 5.74) is 0. The fraction of sp³-hybridized carbons (Fsp3) is 0.750. The van der Waals surface area contributed by atoms with E-state index in [9.17, 15) is 9.90 Å². The third kappa shape index (κ3) is 5.00. The predicted molar refractivity (Wildman–Crippen MR) is 53.1 cm³/mol. The Balaban J connectivity index is 3.87. The molecule has 7 heteroatoms. The SMILES string of the molecule is CNC(=O)N[C@@H](O)C(Br)(Br)Br. The van der Waals surface area contributed by atoms with Gasteiger partial charge in [0.15, 0.2) is 8.37 Å². The Morgan fingerprint density at radius 3 is 2.27 bits per heavy atom. The predicted octanol–water partition coefficient (Wildman–Crippen LogP) is 1.07. The Morgan fingerprint density at radius 2 is 2.00 bits per heavy atom. The first-order chi connectivity index (χ1) is 4.88. The monoisotopic (exact) mass is 352 g/mol. The minimum atomic E-state index is -1.07. The highest BCUT2D eigenvalue weighted by molar-refractivity contribution is 9.39. The largest absolute Gasteiger partial charge is 0.370 e. The van der Waals surface area contributed by atoms with Crippen molar-refractivity contribution >= 4 is 53.8 Å². The zero-order valence-electron chi connectivity index (χ0n) is 5.57. The van der Waals surface area contributed by atoms with Crippen LogP contribution < -0.4 is 10.6 Å². The third-order valence-corrected chi connectivity index (χ3v) is 2.11. The molecule has 0 bridgehead atoms. The molecule has 0 aromatic carbocycles. The molecule has 0 radical (unpaired) electrons. The van der Waals surface area contributed by atoms with Crippen LogP contribution in [0.1, 0.15) is 0 Å². The number of aliphatic hydroxyl groups excluding tert-OH is 1. The molecule has 0 aromatic heterocycles. The molecule has 2 amide bonds. The molecule has 0 aliphatic heterocycles. The van der Waals surface area contributed by atoms with Crippen LogP contribution in [-0.2, 0) is 0 Å². The van der Waals surface area contributed by atoms with Crippen molar-refractivity contribution in [3.8, 4) is 0 Å². The van der Waals surface area contributed by atoms with E-state index < -0.39 is 14.4 Å². The lowest BCUT2D eigenvalue weighted by atomic mass is 10.6. The molecule has 0 spiro atoms. The lowest BCUT2D eigenvalue weighted by Crippen LogP contribution is -2.46. The van der Waals surface area contributed by atoms with Gasteiger partial charge >= 0.3 is 6.03 Å². The molecule has 1 atom stereocenters. The lowest BCUT2D eigenvalue weighted by Gasteiger charge is -2.20. The highest BCUT2D eigenvalue weighted by atomic mass is 80.0. The van der Waals surface area contributed by atoms with Gasteiger partial charge in [-0.25, -0.2) is 4.79 Å². The van der Waals surface area contributed by atoms with E-state index in [-0.39, 0.29) is 0 Å². The molecule has 0 unspecified atom stereocenters. The van der Waals surface area contributed by atoms with Crippen LogP contribution in [0.25, 0.3) is 0 Å². The summed E-state index contributed by atoms with van der Waals surface area (Å²) in [4.78, 5) is 10.6. The van der Waals surface area contributed by atoms with Crippen molar-refractivity contribution in [1.29, 1.82) is 0 Å². The maximum Gasteiger partial charge on any atom is 0.316 e. The molecule has 0 aliphatic rings. The molecule has 0 aliphatic carbocycles. The molecule has 11 heavy (non-hydrogen) atoms. The van der Waals surface area contributed by atoms with Gasteiger partial charge in [-0.15, -0.1) is 0 Å². The molecule has 0 fully saturated rings. The summed E-state index contributed by atoms with van der Waals surface area (Å²) in [6, 6.07) is -0.458. The van der Waals surface area contributed by atoms with E-state index in [1.54, 1.807) is 0 Å². The van der Waals surface area contributed by atoms with E-state index in [1.165, 1.54) is 7.05 Å². The van der Waals surface area contributed by atoms with Crippen molar-refractivity contribution in [2.24, 2.45) is 0 Å². The Labute approximate surface area is 89.5 Å². The second-order valence-electron chi connectivity index (χ2n) is 1.67. The second kappa shape index (κ2) is 4.64. The number of carbonyl (C=O) groups excluding carboxylic acids is 1. The number of nitrogens with one attached hydrogen (secondary N) is 2. The molecular formula is C4H7Br3N2O2. The van der Waals surface area contributed by atoms with Gasteiger partial charge in [-0.3, -0.25) is 0 Å². The van der Waals surface area contributed by atoms with Crippen LogP contribution in [0, 0.1) is 0 Å². The van der Waals surface area contributed by atoms with E-state index in [2.05, 4.69) is 58.4 Å². The summed E-state index contributed by atoms with van der Waals surface area (Å²) >= 11 is 9.13. The van der Waals surface area contributed by atoms with Gasteiger partial charge in [0, 0.05) is 7.05 Å². The van der Waals surface area contributed by atoms with Crippen molar-refractivity contribution in [1.82, 2.24) is 10.6 Å². The smallest absolute Gasteiger partial charge is 0.316 e. The number of hydrogen-bond donors (Lipinski definition) is 3. The number of halogens is 3. The Bertz CT molecular complexity index is 147. The van der Waals surface area contributed by atoms with Gasteiger partial charge in [-0.05, 0) is 0 Å². The van der Waals surface area contributed by atoms with Crippen molar-refractivity contribution in [3.63, 3.8) is 0 Å². The number of hydrogen-bond acceptors (Lipinski definition) is 2. The highest BCUT2D eigenvalue weighted by Gasteiger charge is 2.29. The van der Waals surface area contributed by atoms with Crippen molar-refractivity contribution in [2.75, 3.05) is 7.05 Å². The molecule has 0 aromatic rings. The van der Waals surface area contributed by atoms with E-state index in [4.69, 9.17) is 0 Å². The van der Waals surface area contributed by atoms with Gasteiger partial charge in [-0.1, -0.05) is 47.8 Å². The maximum absolute atomic E-state index is 10.6. The summed E-state index contributed by atoms with van der Waals surface area (Å²) in [6.45, 7) is 0. The van der Waals surface area contributed by atoms with Crippen LogP contribution in [-0.4, -0.2) is 26.6 Å². The van der Waals surface area contributed by atoms with Crippen LogP contribution in [0.15, 0.2) is 0 Å². The average molecular weight is 355 g/mol. The number of rotatable bonds is 1. The van der Waals surface area contributed by atoms with E-state index in [1.807, 2.05) is 0 Å². The van der Waals surface area contributed by atoms with Crippen molar-refractivity contribution in [3.05, 3.63) is 0 Å². The quantitative estimate of drug-likeness (QED) is 0.487. The molecular weight excluding hydrogens is 348 g/mol. The Morgan fingerprint density at radius 1 is 1.55 bits per heavy atom. The van der Waals surface area contributed by atoms with Gasteiger partial charge in [-0.2, -0.15) is 0 Å². The van der Waals surface area contributed by atoms with E-state index >= 15 is 0 Å². The first kappa shape index (κ1) is 11.7. The zero-order valence-corrected chi connectivity index (χ0v) is 10.3. The van der Waals surface area contributed by atoms with Crippen molar-refractivity contribution < 1.29 is 9.90 Å². The summed E-state index contributed by atoms with van der Waals surface area (Å²) in [5, 5.41) is 13.7. The average Bonchev–Trinajstić information content (AvgIpc) is 1.85. The zero-order chi connectivity index (χ0) is 9.07. The molecule has 0 saturated heterocycles. The molecule has 4 nitrogen and oxygen atoms in total. The van der Waals surface area contributed by atoms with Crippen LogP contribution in [0.2, 0.25) is 0 Å². The maximum atomic E-state index is 10.6. The standard InChI is InChI=1S/C4H7Br3N2O2/c1-8-3(11)9-2(10)4(5,6)7/h2,10H,1H3,(H2,8,9,11)/t2-/m0/s1. The van der Waals surface area contributed by atoms with Gasteiger partial charge in [0.2, 0.25) is 0 Å². The number of urea groups is 1. The fourth-order valence-corrected chi connectivity index (χ4v) is 0.622. The van der Waals surface area contributed by atoms with Crippen LogP contribution in [0.4, 0.5) is 4.79 Å². The summed E-state index contributed by atoms with van der Waals surface area (Å²) in [7, 11) is 1.46. The summed E-state index contributed by atoms with van der Waals surface area (Å²) < 4.78 is -0.889.